The number of carbonyl (C=O) groups is 2. The van der Waals surface area contributed by atoms with E-state index in [1.165, 1.54) is 64.2 Å². The van der Waals surface area contributed by atoms with Gasteiger partial charge in [0.2, 0.25) is 0 Å². The summed E-state index contributed by atoms with van der Waals surface area (Å²) in [5.74, 6) is -2.81. The SMILES string of the molecule is CCCCCCCC/C=C\CCCCCCCCOCCOC(=O)C(CC(=O)O)S(=O)(=O)O. The summed E-state index contributed by atoms with van der Waals surface area (Å²) >= 11 is 0. The van der Waals surface area contributed by atoms with Gasteiger partial charge in [-0.15, -0.1) is 0 Å². The molecule has 0 amide bonds. The summed E-state index contributed by atoms with van der Waals surface area (Å²) in [6.07, 6.45) is 20.7. The molecule has 0 heterocycles. The number of aliphatic carboxylic acids is 1. The molecule has 0 fully saturated rings. The van der Waals surface area contributed by atoms with E-state index in [0.29, 0.717) is 6.61 Å². The molecule has 9 heteroatoms. The summed E-state index contributed by atoms with van der Waals surface area (Å²) in [4.78, 5) is 22.2. The maximum absolute atomic E-state index is 11.6. The van der Waals surface area contributed by atoms with Crippen molar-refractivity contribution in [2.75, 3.05) is 19.8 Å². The molecule has 1 atom stereocenters. The summed E-state index contributed by atoms with van der Waals surface area (Å²) in [7, 11) is -4.83. The number of hydrogen-bond acceptors (Lipinski definition) is 6. The van der Waals surface area contributed by atoms with Crippen LogP contribution in [0.5, 0.6) is 0 Å². The molecule has 0 aliphatic rings. The van der Waals surface area contributed by atoms with Gasteiger partial charge in [-0.3, -0.25) is 14.1 Å². The molecule has 0 saturated carbocycles. The van der Waals surface area contributed by atoms with E-state index in [2.05, 4.69) is 19.1 Å². The zero-order valence-electron chi connectivity index (χ0n) is 20.2. The van der Waals surface area contributed by atoms with Crippen LogP contribution in [0.1, 0.15) is 103 Å². The van der Waals surface area contributed by atoms with Gasteiger partial charge in [-0.25, -0.2) is 0 Å². The number of carbonyl (C=O) groups excluding carboxylic acids is 1. The van der Waals surface area contributed by atoms with Crippen LogP contribution in [0.15, 0.2) is 12.2 Å². The van der Waals surface area contributed by atoms with Gasteiger partial charge in [0.05, 0.1) is 13.0 Å². The van der Waals surface area contributed by atoms with Gasteiger partial charge in [0.15, 0.2) is 5.25 Å². The second kappa shape index (κ2) is 21.1. The Morgan fingerprint density at radius 2 is 1.30 bits per heavy atom. The Balaban J connectivity index is 3.48. The first-order valence-corrected chi connectivity index (χ1v) is 13.9. The van der Waals surface area contributed by atoms with Crippen molar-refractivity contribution in [3.05, 3.63) is 12.2 Å². The zero-order valence-corrected chi connectivity index (χ0v) is 21.0. The van der Waals surface area contributed by atoms with Crippen molar-refractivity contribution >= 4 is 22.1 Å². The van der Waals surface area contributed by atoms with Crippen molar-refractivity contribution in [2.45, 2.75) is 108 Å². The molecule has 0 aromatic rings. The number of ether oxygens (including phenoxy) is 2. The van der Waals surface area contributed by atoms with Crippen molar-refractivity contribution in [3.8, 4) is 0 Å². The fraction of sp³-hybridized carbons (Fsp3) is 0.833. The lowest BCUT2D eigenvalue weighted by atomic mass is 10.1. The van der Waals surface area contributed by atoms with Crippen LogP contribution >= 0.6 is 0 Å². The Bertz CT molecular complexity index is 630. The molecule has 0 aliphatic heterocycles. The monoisotopic (exact) mass is 492 g/mol. The highest BCUT2D eigenvalue weighted by molar-refractivity contribution is 7.87. The Morgan fingerprint density at radius 1 is 0.788 bits per heavy atom. The molecule has 2 N–H and O–H groups in total. The Hall–Kier alpha value is -1.45. The Morgan fingerprint density at radius 3 is 1.82 bits per heavy atom. The van der Waals surface area contributed by atoms with Gasteiger partial charge < -0.3 is 14.6 Å². The molecule has 0 rings (SSSR count). The first kappa shape index (κ1) is 31.6. The number of esters is 1. The molecule has 0 aliphatic carbocycles. The zero-order chi connectivity index (χ0) is 24.8. The minimum atomic E-state index is -4.83. The van der Waals surface area contributed by atoms with E-state index in [9.17, 15) is 18.0 Å². The molecule has 194 valence electrons. The van der Waals surface area contributed by atoms with Gasteiger partial charge >= 0.3 is 11.9 Å². The van der Waals surface area contributed by atoms with Gasteiger partial charge in [-0.05, 0) is 32.1 Å². The fourth-order valence-electron chi connectivity index (χ4n) is 3.32. The predicted molar refractivity (Wildman–Crippen MR) is 129 cm³/mol. The third kappa shape index (κ3) is 20.9. The smallest absolute Gasteiger partial charge is 0.327 e. The van der Waals surface area contributed by atoms with E-state index < -0.39 is 33.7 Å². The van der Waals surface area contributed by atoms with Gasteiger partial charge in [0.25, 0.3) is 10.1 Å². The quantitative estimate of drug-likeness (QED) is 0.0849. The topological polar surface area (TPSA) is 127 Å². The van der Waals surface area contributed by atoms with E-state index >= 15 is 0 Å². The average molecular weight is 493 g/mol. The standard InChI is InChI=1S/C24H44O8S/c1-2-3-4-5-6-7-8-9-10-11-12-13-14-15-16-17-18-31-19-20-32-24(27)22(21-23(25)26)33(28,29)30/h9-10,22H,2-8,11-21H2,1H3,(H,25,26)(H,28,29,30)/b10-9-. The lowest BCUT2D eigenvalue weighted by molar-refractivity contribution is -0.148. The van der Waals surface area contributed by atoms with Crippen LogP contribution in [0.25, 0.3) is 0 Å². The Labute approximate surface area is 199 Å². The molecule has 0 aromatic carbocycles. The minimum absolute atomic E-state index is 0.0854. The second-order valence-electron chi connectivity index (χ2n) is 8.32. The number of allylic oxidation sites excluding steroid dienone is 2. The van der Waals surface area contributed by atoms with Crippen LogP contribution in [-0.4, -0.2) is 55.1 Å². The van der Waals surface area contributed by atoms with Crippen LogP contribution < -0.4 is 0 Å². The second-order valence-corrected chi connectivity index (χ2v) is 9.92. The van der Waals surface area contributed by atoms with Gasteiger partial charge in [0, 0.05) is 6.61 Å². The molecule has 0 saturated heterocycles. The van der Waals surface area contributed by atoms with Crippen molar-refractivity contribution in [1.29, 1.82) is 0 Å². The number of hydrogen-bond donors (Lipinski definition) is 2. The molecule has 33 heavy (non-hydrogen) atoms. The van der Waals surface area contributed by atoms with Crippen molar-refractivity contribution in [3.63, 3.8) is 0 Å². The normalized spacial score (nSPS) is 12.8. The van der Waals surface area contributed by atoms with E-state index in [4.69, 9.17) is 19.1 Å². The molecule has 0 bridgehead atoms. The third-order valence-electron chi connectivity index (χ3n) is 5.25. The van der Waals surface area contributed by atoms with E-state index in [1.54, 1.807) is 0 Å². The summed E-state index contributed by atoms with van der Waals surface area (Å²) < 4.78 is 41.1. The predicted octanol–water partition coefficient (Wildman–Crippen LogP) is 5.31. The van der Waals surface area contributed by atoms with Crippen molar-refractivity contribution in [2.24, 2.45) is 0 Å². The first-order valence-electron chi connectivity index (χ1n) is 12.4. The first-order chi connectivity index (χ1) is 15.8. The number of carboxylic acid groups (broad SMARTS) is 1. The summed E-state index contributed by atoms with van der Waals surface area (Å²) in [6, 6.07) is 0. The number of carboxylic acids is 1. The summed E-state index contributed by atoms with van der Waals surface area (Å²) in [5.41, 5.74) is 0. The molecular weight excluding hydrogens is 448 g/mol. The van der Waals surface area contributed by atoms with Crippen LogP contribution in [0.4, 0.5) is 0 Å². The van der Waals surface area contributed by atoms with E-state index in [-0.39, 0.29) is 13.2 Å². The summed E-state index contributed by atoms with van der Waals surface area (Å²) in [5, 5.41) is 6.51. The van der Waals surface area contributed by atoms with Crippen LogP contribution in [0.3, 0.4) is 0 Å². The average Bonchev–Trinajstić information content (AvgIpc) is 2.75. The fourth-order valence-corrected chi connectivity index (χ4v) is 3.98. The lowest BCUT2D eigenvalue weighted by Crippen LogP contribution is -2.34. The molecule has 8 nitrogen and oxygen atoms in total. The molecule has 0 aromatic heterocycles. The van der Waals surface area contributed by atoms with E-state index in [1.807, 2.05) is 0 Å². The van der Waals surface area contributed by atoms with Crippen LogP contribution in [-0.2, 0) is 29.2 Å². The third-order valence-corrected chi connectivity index (χ3v) is 6.33. The van der Waals surface area contributed by atoms with Crippen LogP contribution in [0.2, 0.25) is 0 Å². The van der Waals surface area contributed by atoms with Crippen molar-refractivity contribution < 1.29 is 37.1 Å². The highest BCUT2D eigenvalue weighted by atomic mass is 32.2. The minimum Gasteiger partial charge on any atom is -0.481 e. The van der Waals surface area contributed by atoms with Crippen molar-refractivity contribution in [1.82, 2.24) is 0 Å². The summed E-state index contributed by atoms with van der Waals surface area (Å²) in [6.45, 7) is 2.64. The molecule has 1 unspecified atom stereocenters. The van der Waals surface area contributed by atoms with Crippen LogP contribution in [0, 0.1) is 0 Å². The maximum atomic E-state index is 11.6. The van der Waals surface area contributed by atoms with E-state index in [0.717, 1.165) is 25.7 Å². The molecule has 0 radical (unpaired) electrons. The lowest BCUT2D eigenvalue weighted by Gasteiger charge is -2.11. The van der Waals surface area contributed by atoms with Gasteiger partial charge in [0.1, 0.15) is 6.61 Å². The largest absolute Gasteiger partial charge is 0.481 e. The number of unbranched alkanes of at least 4 members (excludes halogenated alkanes) is 12. The van der Waals surface area contributed by atoms with Gasteiger partial charge in [-0.1, -0.05) is 76.9 Å². The highest BCUT2D eigenvalue weighted by Gasteiger charge is 2.34. The Kier molecular flexibility index (Phi) is 20.2. The highest BCUT2D eigenvalue weighted by Crippen LogP contribution is 2.10. The molecular formula is C24H44O8S. The number of rotatable bonds is 23. The van der Waals surface area contributed by atoms with Gasteiger partial charge in [-0.2, -0.15) is 8.42 Å². The maximum Gasteiger partial charge on any atom is 0.327 e. The molecule has 0 spiro atoms.